The highest BCUT2D eigenvalue weighted by atomic mass is 16.6. The molecule has 320 valence electrons. The molecule has 5 aliphatic heterocycles. The summed E-state index contributed by atoms with van der Waals surface area (Å²) < 4.78 is 48.2. The first-order valence-corrected chi connectivity index (χ1v) is 21.1. The molecule has 10 atom stereocenters. The van der Waals surface area contributed by atoms with Crippen molar-refractivity contribution in [2.24, 2.45) is 11.3 Å². The average molecular weight is 828 g/mol. The van der Waals surface area contributed by atoms with Gasteiger partial charge >= 0.3 is 17.9 Å². The minimum absolute atomic E-state index is 0.00132. The minimum atomic E-state index is -3.16. The van der Waals surface area contributed by atoms with Gasteiger partial charge in [-0.3, -0.25) is 24.2 Å². The second-order valence-corrected chi connectivity index (χ2v) is 18.0. The van der Waals surface area contributed by atoms with E-state index in [2.05, 4.69) is 14.8 Å². The molecule has 14 heteroatoms. The first kappa shape index (κ1) is 37.0. The Balaban J connectivity index is 1.40. The van der Waals surface area contributed by atoms with E-state index in [1.54, 1.807) is 12.1 Å². The fraction of sp³-hybridized carbons (Fsp3) is 0.565. The van der Waals surface area contributed by atoms with Crippen LogP contribution in [0.2, 0.25) is 0 Å². The van der Waals surface area contributed by atoms with Crippen LogP contribution < -0.4 is 9.64 Å². The Kier molecular flexibility index (Phi) is 8.73. The van der Waals surface area contributed by atoms with Gasteiger partial charge < -0.3 is 39.0 Å². The Labute approximate surface area is 354 Å². The van der Waals surface area contributed by atoms with Gasteiger partial charge in [-0.2, -0.15) is 0 Å². The number of aromatic amines is 1. The van der Waals surface area contributed by atoms with Crippen molar-refractivity contribution in [2.75, 3.05) is 58.9 Å². The number of aliphatic hydroxyl groups is 2. The number of esters is 3. The summed E-state index contributed by atoms with van der Waals surface area (Å²) in [6.45, 7) is 7.50. The van der Waals surface area contributed by atoms with Crippen molar-refractivity contribution >= 4 is 40.9 Å². The number of hydrogen-bond acceptors (Lipinski definition) is 12. The number of carbonyl (C=O) groups excluding carboxylic acids is 4. The maximum atomic E-state index is 15.6. The Hall–Kier alpha value is -4.76. The Morgan fingerprint density at radius 2 is 1.82 bits per heavy atom. The number of aromatic nitrogens is 1. The Morgan fingerprint density at radius 3 is 2.52 bits per heavy atom. The molecule has 2 saturated heterocycles. The maximum Gasteiger partial charge on any atom is 0.344 e. The number of piperidine rings is 1. The van der Waals surface area contributed by atoms with Crippen LogP contribution in [0, 0.1) is 11.3 Å². The van der Waals surface area contributed by atoms with Gasteiger partial charge in [0.1, 0.15) is 11.2 Å². The zero-order valence-electron chi connectivity index (χ0n) is 37.8. The van der Waals surface area contributed by atoms with Gasteiger partial charge in [-0.1, -0.05) is 44.2 Å². The molecule has 3 aromatic rings. The lowest BCUT2D eigenvalue weighted by atomic mass is 9.47. The number of nitrogens with one attached hydrogen (secondary N) is 1. The highest BCUT2D eigenvalue weighted by Crippen LogP contribution is 2.68. The van der Waals surface area contributed by atoms with Crippen molar-refractivity contribution in [2.45, 2.75) is 99.5 Å². The van der Waals surface area contributed by atoms with E-state index in [4.69, 9.17) is 23.1 Å². The number of H-pyrrole nitrogens is 1. The largest absolute Gasteiger partial charge is 0.496 e. The van der Waals surface area contributed by atoms with Crippen LogP contribution in [0.25, 0.3) is 10.9 Å². The lowest BCUT2D eigenvalue weighted by Gasteiger charge is -2.63. The first-order chi connectivity index (χ1) is 29.9. The van der Waals surface area contributed by atoms with Crippen LogP contribution >= 0.6 is 0 Å². The molecule has 1 spiro atoms. The average Bonchev–Trinajstić information content (AvgIpc) is 3.92. The lowest BCUT2D eigenvalue weighted by molar-refractivity contribution is -0.228. The molecule has 3 N–H and O–H groups in total. The van der Waals surface area contributed by atoms with Crippen LogP contribution in [-0.2, 0) is 50.6 Å². The summed E-state index contributed by atoms with van der Waals surface area (Å²) in [6, 6.07) is 9.12. The summed E-state index contributed by atoms with van der Waals surface area (Å²) in [5.74, 6) is -3.10. The molecule has 1 saturated carbocycles. The Morgan fingerprint density at radius 1 is 1.02 bits per heavy atom. The van der Waals surface area contributed by atoms with Crippen LogP contribution in [0.3, 0.4) is 0 Å². The molecule has 2 aromatic carbocycles. The molecular weight excluding hydrogens is 769 g/mol. The number of fused-ring (bicyclic) bond motifs is 6. The molecule has 60 heavy (non-hydrogen) atoms. The van der Waals surface area contributed by atoms with Crippen LogP contribution in [0.15, 0.2) is 48.6 Å². The van der Waals surface area contributed by atoms with Crippen molar-refractivity contribution in [1.82, 2.24) is 14.8 Å². The predicted octanol–water partition coefficient (Wildman–Crippen LogP) is 3.52. The van der Waals surface area contributed by atoms with Gasteiger partial charge in [0.25, 0.3) is 0 Å². The SMILES string of the molecule is [2H]C([2H])([2H])OC(=O)[C@]1(c2cc3c(cc2OC)N(C=O)[C@H]2[C@@](O)(C(=O)OC)[C@H](OC(C)=O)[C@]4(CC)C=CCN5CC[C@]32[C@@H]54)C[C@@H]2CN(CCc3c1[nH]c1ccccc31)C[C@](O)(CC)C2. The number of hydrogen-bond donors (Lipinski definition) is 3. The number of methoxy groups -OCH3 is 3. The van der Waals surface area contributed by atoms with Gasteiger partial charge in [0, 0.05) is 78.2 Å². The summed E-state index contributed by atoms with van der Waals surface area (Å²) >= 11 is 0. The van der Waals surface area contributed by atoms with E-state index in [1.807, 2.05) is 50.3 Å². The van der Waals surface area contributed by atoms with Crippen LogP contribution in [0.1, 0.15) is 79.4 Å². The number of carbonyl (C=O) groups is 4. The third-order valence-corrected chi connectivity index (χ3v) is 15.4. The van der Waals surface area contributed by atoms with Gasteiger partial charge in [0.2, 0.25) is 12.0 Å². The molecular formula is C46H56N4O10. The van der Waals surface area contributed by atoms with Crippen LogP contribution in [0.4, 0.5) is 5.69 Å². The molecule has 1 aliphatic carbocycles. The van der Waals surface area contributed by atoms with Crippen molar-refractivity contribution < 1.29 is 52.5 Å². The van der Waals surface area contributed by atoms with Crippen LogP contribution in [0.5, 0.6) is 5.75 Å². The summed E-state index contributed by atoms with van der Waals surface area (Å²) in [5.41, 5.74) is -5.05. The third kappa shape index (κ3) is 5.19. The van der Waals surface area contributed by atoms with E-state index in [0.717, 1.165) is 23.6 Å². The highest BCUT2D eigenvalue weighted by molar-refractivity contribution is 5.96. The summed E-state index contributed by atoms with van der Waals surface area (Å²) in [5, 5.41) is 26.2. The number of ether oxygens (including phenoxy) is 4. The topological polar surface area (TPSA) is 171 Å². The van der Waals surface area contributed by atoms with Gasteiger partial charge in [-0.25, -0.2) is 4.79 Å². The zero-order chi connectivity index (χ0) is 45.1. The fourth-order valence-corrected chi connectivity index (χ4v) is 13.3. The normalized spacial score (nSPS) is 37.4. The first-order valence-electron chi connectivity index (χ1n) is 22.6. The molecule has 14 nitrogen and oxygen atoms in total. The number of nitrogens with zero attached hydrogens (tertiary/aromatic N) is 3. The smallest absolute Gasteiger partial charge is 0.344 e. The second-order valence-electron chi connectivity index (χ2n) is 18.0. The molecule has 2 bridgehead atoms. The molecule has 6 aliphatic rings. The minimum Gasteiger partial charge on any atom is -0.496 e. The van der Waals surface area contributed by atoms with Crippen LogP contribution in [-0.4, -0.2) is 133 Å². The number of anilines is 1. The van der Waals surface area contributed by atoms with Gasteiger partial charge in [0.15, 0.2) is 6.10 Å². The van der Waals surface area contributed by atoms with E-state index in [9.17, 15) is 24.6 Å². The fourth-order valence-electron chi connectivity index (χ4n) is 13.3. The predicted molar refractivity (Wildman–Crippen MR) is 221 cm³/mol. The monoisotopic (exact) mass is 827 g/mol. The summed E-state index contributed by atoms with van der Waals surface area (Å²) in [7, 11) is -0.603. The number of benzene rings is 2. The summed E-state index contributed by atoms with van der Waals surface area (Å²) in [4.78, 5) is 66.2. The lowest BCUT2D eigenvalue weighted by Crippen LogP contribution is -2.81. The Bertz CT molecular complexity index is 2420. The summed E-state index contributed by atoms with van der Waals surface area (Å²) in [6.07, 6.45) is 4.77. The third-order valence-electron chi connectivity index (χ3n) is 15.4. The van der Waals surface area contributed by atoms with Crippen molar-refractivity contribution in [3.05, 3.63) is 70.9 Å². The zero-order valence-corrected chi connectivity index (χ0v) is 34.8. The van der Waals surface area contributed by atoms with Crippen molar-refractivity contribution in [1.29, 1.82) is 0 Å². The number of para-hydroxylation sites is 1. The molecule has 1 aromatic heterocycles. The van der Waals surface area contributed by atoms with Gasteiger partial charge in [-0.15, -0.1) is 0 Å². The van der Waals surface area contributed by atoms with Crippen molar-refractivity contribution in [3.63, 3.8) is 0 Å². The van der Waals surface area contributed by atoms with E-state index in [0.29, 0.717) is 88.2 Å². The molecule has 1 amide bonds. The number of amides is 1. The molecule has 1 unspecified atom stereocenters. The standard InChI is InChI=1S/C46H56N4O10/c1-7-42(55)22-28-23-45(40(53)58-5,36-30(14-18-48(24-28)25-42)29-12-9-10-13-33(29)47-36)32-20-31-34(21-35(32)57-4)50(26-51)38-44(31)16-19-49-17-11-15-43(8-2,37(44)49)39(60-27(3)52)46(38,56)41(54)59-6/h9-13,15,20-21,26,28,37-39,47,55-56H,7-8,14,16-19,22-25H2,1-6H3/t28-,37+,38-,39-,42+,43-,44-,45+,46+/m1/s1/i5D3. The van der Waals surface area contributed by atoms with Gasteiger partial charge in [-0.05, 0) is 74.2 Å². The van der Waals surface area contributed by atoms with E-state index in [1.165, 1.54) is 18.9 Å². The molecule has 6 heterocycles. The quantitative estimate of drug-likeness (QED) is 0.131. The number of rotatable bonds is 8. The van der Waals surface area contributed by atoms with Gasteiger partial charge in [0.05, 0.1) is 42.7 Å². The van der Waals surface area contributed by atoms with E-state index in [-0.39, 0.29) is 23.7 Å². The van der Waals surface area contributed by atoms with Crippen molar-refractivity contribution in [3.8, 4) is 5.75 Å². The van der Waals surface area contributed by atoms with E-state index < -0.39 is 70.6 Å². The molecule has 9 rings (SSSR count). The second kappa shape index (κ2) is 14.1. The maximum absolute atomic E-state index is 15.6. The highest BCUT2D eigenvalue weighted by Gasteiger charge is 2.81. The molecule has 3 fully saturated rings. The molecule has 0 radical (unpaired) electrons. The van der Waals surface area contributed by atoms with E-state index >= 15 is 4.79 Å².